The number of rotatable bonds is 5. The highest BCUT2D eigenvalue weighted by molar-refractivity contribution is 7.07. The van der Waals surface area contributed by atoms with E-state index in [1.165, 1.54) is 11.1 Å². The Morgan fingerprint density at radius 3 is 2.72 bits per heavy atom. The lowest BCUT2D eigenvalue weighted by molar-refractivity contribution is 0.0514. The highest BCUT2D eigenvalue weighted by Crippen LogP contribution is 2.38. The van der Waals surface area contributed by atoms with Crippen molar-refractivity contribution in [2.75, 3.05) is 26.8 Å². The molecule has 1 aliphatic rings. The minimum atomic E-state index is -0.0312. The lowest BCUT2D eigenvalue weighted by Crippen LogP contribution is -2.48. The Bertz CT molecular complexity index is 696. The van der Waals surface area contributed by atoms with E-state index in [4.69, 9.17) is 16.3 Å². The van der Waals surface area contributed by atoms with Crippen molar-refractivity contribution in [1.29, 1.82) is 0 Å². The predicted molar refractivity (Wildman–Crippen MR) is 106 cm³/mol. The Morgan fingerprint density at radius 1 is 1.24 bits per heavy atom. The summed E-state index contributed by atoms with van der Waals surface area (Å²) in [4.78, 5) is 4.35. The highest BCUT2D eigenvalue weighted by atomic mass is 35.5. The van der Waals surface area contributed by atoms with Crippen LogP contribution in [0.2, 0.25) is 5.02 Å². The Hall–Kier alpha value is -1.56. The summed E-state index contributed by atoms with van der Waals surface area (Å²) in [5.74, 6) is 0.809. The fourth-order valence-electron chi connectivity index (χ4n) is 3.25. The van der Waals surface area contributed by atoms with E-state index >= 15 is 0 Å². The fraction of sp³-hybridized carbons (Fsp3) is 0.421. The van der Waals surface area contributed by atoms with E-state index in [0.29, 0.717) is 0 Å². The van der Waals surface area contributed by atoms with E-state index in [2.05, 4.69) is 44.6 Å². The van der Waals surface area contributed by atoms with Gasteiger partial charge in [0.25, 0.3) is 0 Å². The second kappa shape index (κ2) is 8.70. The van der Waals surface area contributed by atoms with Gasteiger partial charge in [-0.15, -0.1) is 0 Å². The molecule has 25 heavy (non-hydrogen) atoms. The number of guanidine groups is 1. The minimum Gasteiger partial charge on any atom is -0.381 e. The number of hydrogen-bond donors (Lipinski definition) is 2. The van der Waals surface area contributed by atoms with Gasteiger partial charge in [-0.25, -0.2) is 0 Å². The highest BCUT2D eigenvalue weighted by Gasteiger charge is 2.36. The average molecular weight is 378 g/mol. The Morgan fingerprint density at radius 2 is 2.04 bits per heavy atom. The van der Waals surface area contributed by atoms with Gasteiger partial charge in [0.1, 0.15) is 0 Å². The zero-order valence-electron chi connectivity index (χ0n) is 14.4. The minimum absolute atomic E-state index is 0.0312. The number of thiophene rings is 1. The summed E-state index contributed by atoms with van der Waals surface area (Å²) in [7, 11) is 1.80. The first-order chi connectivity index (χ1) is 12.2. The molecule has 3 rings (SSSR count). The molecule has 0 atom stereocenters. The molecule has 0 saturated carbocycles. The van der Waals surface area contributed by atoms with Crippen LogP contribution >= 0.6 is 22.9 Å². The second-order valence-electron chi connectivity index (χ2n) is 6.28. The standard InChI is InChI=1S/C19H24ClN3OS/c1-21-18(22-12-15-6-11-25-13-15)23-14-19(7-9-24-10-8-19)16-4-2-3-5-17(16)20/h2-6,11,13H,7-10,12,14H2,1H3,(H2,21,22,23). The van der Waals surface area contributed by atoms with Gasteiger partial charge in [0.05, 0.1) is 0 Å². The summed E-state index contributed by atoms with van der Waals surface area (Å²) < 4.78 is 5.60. The topological polar surface area (TPSA) is 45.7 Å². The zero-order valence-corrected chi connectivity index (χ0v) is 16.0. The van der Waals surface area contributed by atoms with Crippen molar-refractivity contribution >= 4 is 28.9 Å². The Labute approximate surface area is 158 Å². The van der Waals surface area contributed by atoms with Crippen molar-refractivity contribution in [2.45, 2.75) is 24.8 Å². The molecule has 0 radical (unpaired) electrons. The molecule has 0 bridgehead atoms. The number of hydrogen-bond acceptors (Lipinski definition) is 3. The first kappa shape index (κ1) is 18.2. The summed E-state index contributed by atoms with van der Waals surface area (Å²) in [6, 6.07) is 10.3. The third-order valence-corrected chi connectivity index (χ3v) is 5.81. The molecule has 2 heterocycles. The number of nitrogens with one attached hydrogen (secondary N) is 2. The number of aliphatic imine (C=N–C) groups is 1. The van der Waals surface area contributed by atoms with E-state index in [1.807, 2.05) is 12.1 Å². The number of benzene rings is 1. The van der Waals surface area contributed by atoms with Crippen molar-refractivity contribution in [1.82, 2.24) is 10.6 Å². The zero-order chi connectivity index (χ0) is 17.5. The van der Waals surface area contributed by atoms with Crippen LogP contribution in [0.25, 0.3) is 0 Å². The molecule has 1 aromatic carbocycles. The Balaban J connectivity index is 1.69. The Kier molecular flexibility index (Phi) is 6.34. The molecule has 1 aliphatic heterocycles. The third kappa shape index (κ3) is 4.54. The van der Waals surface area contributed by atoms with E-state index in [1.54, 1.807) is 18.4 Å². The van der Waals surface area contributed by atoms with Crippen molar-refractivity contribution in [3.63, 3.8) is 0 Å². The second-order valence-corrected chi connectivity index (χ2v) is 7.47. The summed E-state index contributed by atoms with van der Waals surface area (Å²) in [5, 5.41) is 11.9. The molecule has 0 spiro atoms. The van der Waals surface area contributed by atoms with Gasteiger partial charge in [0, 0.05) is 43.8 Å². The molecule has 0 unspecified atom stereocenters. The lowest BCUT2D eigenvalue weighted by atomic mass is 9.74. The van der Waals surface area contributed by atoms with Crippen molar-refractivity contribution in [2.24, 2.45) is 4.99 Å². The quantitative estimate of drug-likeness (QED) is 0.615. The molecule has 0 aliphatic carbocycles. The molecule has 1 saturated heterocycles. The van der Waals surface area contributed by atoms with Crippen LogP contribution in [0.3, 0.4) is 0 Å². The normalized spacial score (nSPS) is 17.3. The van der Waals surface area contributed by atoms with Gasteiger partial charge >= 0.3 is 0 Å². The first-order valence-electron chi connectivity index (χ1n) is 8.52. The van der Waals surface area contributed by atoms with E-state index in [9.17, 15) is 0 Å². The molecular formula is C19H24ClN3OS. The monoisotopic (exact) mass is 377 g/mol. The lowest BCUT2D eigenvalue weighted by Gasteiger charge is -2.38. The average Bonchev–Trinajstić information content (AvgIpc) is 3.16. The molecule has 134 valence electrons. The van der Waals surface area contributed by atoms with E-state index in [0.717, 1.165) is 50.1 Å². The predicted octanol–water partition coefficient (Wildman–Crippen LogP) is 3.81. The van der Waals surface area contributed by atoms with E-state index < -0.39 is 0 Å². The maximum atomic E-state index is 6.51. The van der Waals surface area contributed by atoms with Crippen LogP contribution in [0.5, 0.6) is 0 Å². The summed E-state index contributed by atoms with van der Waals surface area (Å²) in [6.45, 7) is 3.07. The van der Waals surface area contributed by atoms with Crippen LogP contribution in [0.4, 0.5) is 0 Å². The molecule has 6 heteroatoms. The van der Waals surface area contributed by atoms with Crippen LogP contribution in [0, 0.1) is 0 Å². The van der Waals surface area contributed by atoms with Gasteiger partial charge in [0.2, 0.25) is 0 Å². The SMILES string of the molecule is CN=C(NCc1ccsc1)NCC1(c2ccccc2Cl)CCOCC1. The number of nitrogens with zero attached hydrogens (tertiary/aromatic N) is 1. The van der Waals surface area contributed by atoms with Crippen molar-refractivity contribution in [3.05, 3.63) is 57.2 Å². The maximum Gasteiger partial charge on any atom is 0.191 e. The summed E-state index contributed by atoms with van der Waals surface area (Å²) in [5.41, 5.74) is 2.43. The van der Waals surface area contributed by atoms with Gasteiger partial charge in [0.15, 0.2) is 5.96 Å². The van der Waals surface area contributed by atoms with Gasteiger partial charge in [-0.1, -0.05) is 29.8 Å². The first-order valence-corrected chi connectivity index (χ1v) is 9.84. The molecule has 2 aromatic rings. The van der Waals surface area contributed by atoms with Crippen molar-refractivity contribution in [3.8, 4) is 0 Å². The van der Waals surface area contributed by atoms with Crippen LogP contribution < -0.4 is 10.6 Å². The smallest absolute Gasteiger partial charge is 0.191 e. The summed E-state index contributed by atoms with van der Waals surface area (Å²) >= 11 is 8.22. The van der Waals surface area contributed by atoms with Gasteiger partial charge in [-0.3, -0.25) is 4.99 Å². The summed E-state index contributed by atoms with van der Waals surface area (Å²) in [6.07, 6.45) is 1.90. The molecule has 4 nitrogen and oxygen atoms in total. The van der Waals surface area contributed by atoms with Crippen LogP contribution in [0.1, 0.15) is 24.0 Å². The van der Waals surface area contributed by atoms with Crippen molar-refractivity contribution < 1.29 is 4.74 Å². The van der Waals surface area contributed by atoms with Crippen LogP contribution in [-0.2, 0) is 16.7 Å². The van der Waals surface area contributed by atoms with Gasteiger partial charge in [-0.2, -0.15) is 11.3 Å². The third-order valence-electron chi connectivity index (χ3n) is 4.75. The molecule has 1 aromatic heterocycles. The molecular weight excluding hydrogens is 354 g/mol. The van der Waals surface area contributed by atoms with Gasteiger partial charge < -0.3 is 15.4 Å². The van der Waals surface area contributed by atoms with Crippen LogP contribution in [-0.4, -0.2) is 32.8 Å². The number of halogens is 1. The molecule has 1 fully saturated rings. The van der Waals surface area contributed by atoms with E-state index in [-0.39, 0.29) is 5.41 Å². The fourth-order valence-corrected chi connectivity index (χ4v) is 4.25. The largest absolute Gasteiger partial charge is 0.381 e. The van der Waals surface area contributed by atoms with Crippen LogP contribution in [0.15, 0.2) is 46.1 Å². The maximum absolute atomic E-state index is 6.51. The van der Waals surface area contributed by atoms with Gasteiger partial charge in [-0.05, 0) is 46.9 Å². The molecule has 0 amide bonds. The molecule has 2 N–H and O–H groups in total. The number of ether oxygens (including phenoxy) is 1.